The van der Waals surface area contributed by atoms with Gasteiger partial charge in [0.1, 0.15) is 13.2 Å². The third-order valence-electron chi connectivity index (χ3n) is 5.48. The normalized spacial score (nSPS) is 14.2. The van der Waals surface area contributed by atoms with Crippen molar-refractivity contribution in [3.05, 3.63) is 93.9 Å². The fraction of sp³-hybridized carbons (Fsp3) is 0.207. The first-order valence-electron chi connectivity index (χ1n) is 11.9. The Kier molecular flexibility index (Phi) is 8.30. The van der Waals surface area contributed by atoms with E-state index in [4.69, 9.17) is 9.47 Å². The van der Waals surface area contributed by atoms with E-state index >= 15 is 0 Å². The molecule has 4 rings (SSSR count). The minimum absolute atomic E-state index is 0.240. The lowest BCUT2D eigenvalue weighted by Crippen LogP contribution is -2.36. The molecule has 8 heteroatoms. The van der Waals surface area contributed by atoms with Crippen molar-refractivity contribution in [1.82, 2.24) is 4.90 Å². The van der Waals surface area contributed by atoms with Crippen molar-refractivity contribution in [2.45, 2.75) is 27.4 Å². The van der Waals surface area contributed by atoms with Crippen LogP contribution in [0.3, 0.4) is 0 Å². The van der Waals surface area contributed by atoms with Crippen LogP contribution in [0, 0.1) is 13.8 Å². The number of carbonyl (C=O) groups excluding carboxylic acids is 3. The van der Waals surface area contributed by atoms with Crippen molar-refractivity contribution in [2.75, 3.05) is 18.5 Å². The summed E-state index contributed by atoms with van der Waals surface area (Å²) >= 11 is 0.807. The topological polar surface area (TPSA) is 84.9 Å². The lowest BCUT2D eigenvalue weighted by atomic mass is 10.1. The van der Waals surface area contributed by atoms with Crippen molar-refractivity contribution < 1.29 is 23.9 Å². The molecular formula is C29H28N2O5S. The van der Waals surface area contributed by atoms with E-state index in [0.717, 1.165) is 33.4 Å². The van der Waals surface area contributed by atoms with Gasteiger partial charge in [0.2, 0.25) is 5.91 Å². The quantitative estimate of drug-likeness (QED) is 0.354. The molecule has 190 valence electrons. The molecule has 1 saturated heterocycles. The van der Waals surface area contributed by atoms with Crippen LogP contribution in [-0.4, -0.2) is 35.1 Å². The fourth-order valence-electron chi connectivity index (χ4n) is 3.92. The molecule has 3 aromatic carbocycles. The second-order valence-electron chi connectivity index (χ2n) is 8.61. The number of imide groups is 1. The number of benzene rings is 3. The first-order valence-corrected chi connectivity index (χ1v) is 12.7. The van der Waals surface area contributed by atoms with Gasteiger partial charge in [-0.15, -0.1) is 0 Å². The van der Waals surface area contributed by atoms with Crippen LogP contribution in [-0.2, 0) is 16.2 Å². The average molecular weight is 517 g/mol. The van der Waals surface area contributed by atoms with Crippen molar-refractivity contribution in [3.8, 4) is 11.5 Å². The summed E-state index contributed by atoms with van der Waals surface area (Å²) in [5.74, 6) is 0.179. The summed E-state index contributed by atoms with van der Waals surface area (Å²) in [6, 6.07) is 20.8. The Morgan fingerprint density at radius 2 is 1.68 bits per heavy atom. The summed E-state index contributed by atoms with van der Waals surface area (Å²) in [5, 5.41) is 2.28. The van der Waals surface area contributed by atoms with Gasteiger partial charge in [-0.2, -0.15) is 0 Å². The van der Waals surface area contributed by atoms with E-state index in [1.807, 2.05) is 69.3 Å². The van der Waals surface area contributed by atoms with E-state index in [1.165, 1.54) is 0 Å². The highest BCUT2D eigenvalue weighted by Gasteiger charge is 2.36. The largest absolute Gasteiger partial charge is 0.490 e. The summed E-state index contributed by atoms with van der Waals surface area (Å²) in [6.45, 7) is 6.22. The van der Waals surface area contributed by atoms with Gasteiger partial charge in [0.25, 0.3) is 11.1 Å². The van der Waals surface area contributed by atoms with E-state index in [9.17, 15) is 14.4 Å². The molecule has 1 heterocycles. The van der Waals surface area contributed by atoms with Crippen LogP contribution < -0.4 is 14.8 Å². The molecule has 7 nitrogen and oxygen atoms in total. The Balaban J connectivity index is 1.45. The van der Waals surface area contributed by atoms with E-state index < -0.39 is 17.1 Å². The minimum atomic E-state index is -0.507. The predicted molar refractivity (Wildman–Crippen MR) is 146 cm³/mol. The van der Waals surface area contributed by atoms with Gasteiger partial charge in [0.15, 0.2) is 11.5 Å². The number of aryl methyl sites for hydroxylation is 2. The molecule has 0 atom stereocenters. The van der Waals surface area contributed by atoms with Gasteiger partial charge in [-0.05, 0) is 85.1 Å². The second kappa shape index (κ2) is 11.8. The van der Waals surface area contributed by atoms with Gasteiger partial charge in [-0.3, -0.25) is 19.3 Å². The van der Waals surface area contributed by atoms with Crippen LogP contribution in [0.1, 0.15) is 29.2 Å². The highest BCUT2D eigenvalue weighted by atomic mass is 32.2. The summed E-state index contributed by atoms with van der Waals surface area (Å²) in [4.78, 5) is 39.2. The molecule has 0 radical (unpaired) electrons. The van der Waals surface area contributed by atoms with Crippen molar-refractivity contribution in [2.24, 2.45) is 0 Å². The van der Waals surface area contributed by atoms with Crippen LogP contribution in [0.5, 0.6) is 11.5 Å². The van der Waals surface area contributed by atoms with Crippen LogP contribution in [0.25, 0.3) is 6.08 Å². The zero-order valence-electron chi connectivity index (χ0n) is 20.9. The molecule has 3 amide bonds. The maximum Gasteiger partial charge on any atom is 0.294 e. The Morgan fingerprint density at radius 3 is 2.38 bits per heavy atom. The maximum absolute atomic E-state index is 12.9. The van der Waals surface area contributed by atoms with Gasteiger partial charge in [-0.25, -0.2) is 0 Å². The number of carbonyl (C=O) groups is 3. The highest BCUT2D eigenvalue weighted by molar-refractivity contribution is 8.18. The molecule has 1 aliphatic rings. The van der Waals surface area contributed by atoms with Gasteiger partial charge in [0, 0.05) is 5.69 Å². The lowest BCUT2D eigenvalue weighted by Gasteiger charge is -2.13. The van der Waals surface area contributed by atoms with Gasteiger partial charge < -0.3 is 14.8 Å². The number of amides is 3. The third-order valence-corrected chi connectivity index (χ3v) is 6.39. The molecule has 1 aliphatic heterocycles. The fourth-order valence-corrected chi connectivity index (χ4v) is 4.75. The zero-order valence-corrected chi connectivity index (χ0v) is 21.8. The monoisotopic (exact) mass is 516 g/mol. The van der Waals surface area contributed by atoms with Crippen molar-refractivity contribution >= 4 is 40.6 Å². The molecule has 0 spiro atoms. The Hall–Kier alpha value is -4.04. The van der Waals surface area contributed by atoms with Crippen LogP contribution in [0.15, 0.2) is 71.6 Å². The molecule has 1 fully saturated rings. The number of thioether (sulfide) groups is 1. The lowest BCUT2D eigenvalue weighted by molar-refractivity contribution is -0.127. The number of hydrogen-bond acceptors (Lipinski definition) is 6. The van der Waals surface area contributed by atoms with Crippen LogP contribution in [0.2, 0.25) is 0 Å². The van der Waals surface area contributed by atoms with Gasteiger partial charge in [0.05, 0.1) is 11.5 Å². The second-order valence-corrected chi connectivity index (χ2v) is 9.60. The highest BCUT2D eigenvalue weighted by Crippen LogP contribution is 2.35. The van der Waals surface area contributed by atoms with E-state index in [0.29, 0.717) is 36.0 Å². The van der Waals surface area contributed by atoms with Gasteiger partial charge in [-0.1, -0.05) is 42.5 Å². The Labute approximate surface area is 220 Å². The van der Waals surface area contributed by atoms with Crippen LogP contribution in [0.4, 0.5) is 10.5 Å². The van der Waals surface area contributed by atoms with Crippen LogP contribution >= 0.6 is 11.8 Å². The number of ether oxygens (including phenoxy) is 2. The minimum Gasteiger partial charge on any atom is -0.490 e. The van der Waals surface area contributed by atoms with E-state index in [1.54, 1.807) is 24.3 Å². The molecule has 0 bridgehead atoms. The van der Waals surface area contributed by atoms with Crippen molar-refractivity contribution in [1.29, 1.82) is 0 Å². The third kappa shape index (κ3) is 6.80. The number of nitrogens with zero attached hydrogens (tertiary/aromatic N) is 1. The summed E-state index contributed by atoms with van der Waals surface area (Å²) in [6.07, 6.45) is 1.62. The molecule has 0 saturated carbocycles. The summed E-state index contributed by atoms with van der Waals surface area (Å²) in [5.41, 5.74) is 4.35. The number of hydrogen-bond donors (Lipinski definition) is 1. The van der Waals surface area contributed by atoms with E-state index in [2.05, 4.69) is 5.32 Å². The summed E-state index contributed by atoms with van der Waals surface area (Å²) in [7, 11) is 0. The first-order chi connectivity index (χ1) is 17.8. The Morgan fingerprint density at radius 1 is 0.946 bits per heavy atom. The number of rotatable bonds is 9. The molecule has 0 aromatic heterocycles. The molecule has 37 heavy (non-hydrogen) atoms. The molecule has 1 N–H and O–H groups in total. The van der Waals surface area contributed by atoms with E-state index in [-0.39, 0.29) is 11.4 Å². The first kappa shape index (κ1) is 26.0. The standard InChI is InChI=1S/C29H28N2O5S/c1-4-35-25-15-22(10-11-24(25)36-18-21-8-6-5-7-9-21)16-26-28(33)31(29(34)37-26)17-27(32)30-23-13-19(2)12-20(3)14-23/h5-16H,4,17-18H2,1-3H3,(H,30,32)/b26-16+. The SMILES string of the molecule is CCOc1cc(/C=C2/SC(=O)N(CC(=O)Nc3cc(C)cc(C)c3)C2=O)ccc1OCc1ccccc1. The van der Waals surface area contributed by atoms with Gasteiger partial charge >= 0.3 is 0 Å². The van der Waals surface area contributed by atoms with Crippen molar-refractivity contribution in [3.63, 3.8) is 0 Å². The smallest absolute Gasteiger partial charge is 0.294 e. The Bertz CT molecular complexity index is 1330. The molecule has 3 aromatic rings. The average Bonchev–Trinajstić information content (AvgIpc) is 3.11. The predicted octanol–water partition coefficient (Wildman–Crippen LogP) is 5.96. The summed E-state index contributed by atoms with van der Waals surface area (Å²) < 4.78 is 11.7. The molecule has 0 unspecified atom stereocenters. The maximum atomic E-state index is 12.9. The number of anilines is 1. The molecule has 0 aliphatic carbocycles. The number of nitrogens with one attached hydrogen (secondary N) is 1. The molecular weight excluding hydrogens is 488 g/mol. The zero-order chi connectivity index (χ0) is 26.4.